The molecule has 0 saturated carbocycles. The molecule has 2 rings (SSSR count). The minimum Gasteiger partial charge on any atom is -0.310 e. The summed E-state index contributed by atoms with van der Waals surface area (Å²) >= 11 is 0. The van der Waals surface area contributed by atoms with Gasteiger partial charge in [-0.05, 0) is 12.3 Å². The van der Waals surface area contributed by atoms with E-state index in [9.17, 15) is 22.5 Å². The van der Waals surface area contributed by atoms with E-state index in [1.807, 2.05) is 6.92 Å². The van der Waals surface area contributed by atoms with Crippen LogP contribution in [0.3, 0.4) is 0 Å². The first-order chi connectivity index (χ1) is 13.3. The Morgan fingerprint density at radius 1 is 0.964 bits per heavy atom. The van der Waals surface area contributed by atoms with Gasteiger partial charge in [0.25, 0.3) is 0 Å². The topological polar surface area (TPSA) is 34.1 Å². The van der Waals surface area contributed by atoms with Crippen LogP contribution in [-0.2, 0) is 4.57 Å². The summed E-state index contributed by atoms with van der Waals surface area (Å²) in [6, 6.07) is 15.1. The summed E-state index contributed by atoms with van der Waals surface area (Å²) < 4.78 is 57.1. The van der Waals surface area contributed by atoms with Crippen LogP contribution in [0.2, 0.25) is 0 Å². The van der Waals surface area contributed by atoms with E-state index in [2.05, 4.69) is 0 Å². The minimum atomic E-state index is -4.75. The number of alkyl halides is 3. The van der Waals surface area contributed by atoms with Gasteiger partial charge in [0, 0.05) is 10.9 Å². The Morgan fingerprint density at radius 2 is 1.50 bits per heavy atom. The van der Waals surface area contributed by atoms with E-state index in [0.717, 1.165) is 6.42 Å². The SMILES string of the molecule is CCCCC(CC)C(C(F)(F)F)P(=O)(C(=O)c1ccccc1)c1ccccc1. The predicted octanol–water partition coefficient (Wildman–Crippen LogP) is 6.66. The molecule has 0 fully saturated rings. The van der Waals surface area contributed by atoms with Gasteiger partial charge in [-0.25, -0.2) is 0 Å². The van der Waals surface area contributed by atoms with Crippen LogP contribution in [0.4, 0.5) is 13.2 Å². The molecule has 0 aliphatic carbocycles. The molecule has 3 unspecified atom stereocenters. The van der Waals surface area contributed by atoms with Crippen LogP contribution >= 0.6 is 7.14 Å². The fourth-order valence-electron chi connectivity index (χ4n) is 3.65. The number of unbranched alkanes of at least 4 members (excludes halogenated alkanes) is 1. The summed E-state index contributed by atoms with van der Waals surface area (Å²) in [5.41, 5.74) is -3.06. The summed E-state index contributed by atoms with van der Waals surface area (Å²) in [5.74, 6) is -0.876. The van der Waals surface area contributed by atoms with Crippen molar-refractivity contribution in [1.29, 1.82) is 0 Å². The zero-order valence-corrected chi connectivity index (χ0v) is 17.0. The van der Waals surface area contributed by atoms with E-state index < -0.39 is 30.4 Å². The largest absolute Gasteiger partial charge is 0.399 e. The van der Waals surface area contributed by atoms with Gasteiger partial charge in [0.05, 0.1) is 0 Å². The van der Waals surface area contributed by atoms with E-state index in [1.54, 1.807) is 31.2 Å². The molecule has 0 N–H and O–H groups in total. The summed E-state index contributed by atoms with van der Waals surface area (Å²) in [6.07, 6.45) is -2.91. The number of halogens is 3. The lowest BCUT2D eigenvalue weighted by molar-refractivity contribution is -0.141. The number of carbonyl (C=O) groups excluding carboxylic acids is 1. The fraction of sp³-hybridized carbons (Fsp3) is 0.409. The third-order valence-corrected chi connectivity index (χ3v) is 8.51. The Hall–Kier alpha value is -1.87. The lowest BCUT2D eigenvalue weighted by Gasteiger charge is -2.34. The van der Waals surface area contributed by atoms with Crippen LogP contribution in [0.5, 0.6) is 0 Å². The van der Waals surface area contributed by atoms with Gasteiger partial charge in [-0.3, -0.25) is 4.79 Å². The lowest BCUT2D eigenvalue weighted by Crippen LogP contribution is -2.41. The smallest absolute Gasteiger partial charge is 0.310 e. The zero-order valence-electron chi connectivity index (χ0n) is 16.2. The van der Waals surface area contributed by atoms with E-state index >= 15 is 0 Å². The first kappa shape index (κ1) is 22.4. The summed E-state index contributed by atoms with van der Waals surface area (Å²) in [5, 5.41) is -0.0267. The molecule has 2 aromatic carbocycles. The van der Waals surface area contributed by atoms with Crippen LogP contribution in [0.15, 0.2) is 60.7 Å². The molecule has 28 heavy (non-hydrogen) atoms. The van der Waals surface area contributed by atoms with Crippen LogP contribution in [0.1, 0.15) is 49.9 Å². The minimum absolute atomic E-state index is 0.0267. The van der Waals surface area contributed by atoms with E-state index in [1.165, 1.54) is 36.4 Å². The van der Waals surface area contributed by atoms with Crippen LogP contribution in [0, 0.1) is 5.92 Å². The highest BCUT2D eigenvalue weighted by Gasteiger charge is 2.58. The van der Waals surface area contributed by atoms with Crippen molar-refractivity contribution in [2.45, 2.75) is 51.4 Å². The van der Waals surface area contributed by atoms with Crippen molar-refractivity contribution in [2.75, 3.05) is 0 Å². The Bertz CT molecular complexity index is 804. The maximum Gasteiger partial charge on any atom is 0.399 e. The predicted molar refractivity (Wildman–Crippen MR) is 108 cm³/mol. The molecule has 0 heterocycles. The average molecular weight is 410 g/mol. The van der Waals surface area contributed by atoms with Crippen molar-refractivity contribution < 1.29 is 22.5 Å². The number of hydrogen-bond donors (Lipinski definition) is 0. The second-order valence-corrected chi connectivity index (χ2v) is 9.76. The Kier molecular flexibility index (Phi) is 7.65. The Balaban J connectivity index is 2.70. The molecule has 0 amide bonds. The van der Waals surface area contributed by atoms with Gasteiger partial charge in [-0.1, -0.05) is 93.8 Å². The highest BCUT2D eigenvalue weighted by Crippen LogP contribution is 2.61. The number of hydrogen-bond acceptors (Lipinski definition) is 2. The molecule has 152 valence electrons. The molecule has 0 aliphatic heterocycles. The number of rotatable bonds is 9. The normalized spacial score (nSPS) is 16.2. The molecule has 0 saturated heterocycles. The van der Waals surface area contributed by atoms with Gasteiger partial charge in [-0.15, -0.1) is 0 Å². The molecule has 0 aromatic heterocycles. The molecule has 0 spiro atoms. The highest BCUT2D eigenvalue weighted by molar-refractivity contribution is 7.88. The highest BCUT2D eigenvalue weighted by atomic mass is 31.2. The van der Waals surface area contributed by atoms with E-state index in [4.69, 9.17) is 0 Å². The Morgan fingerprint density at radius 3 is 1.96 bits per heavy atom. The van der Waals surface area contributed by atoms with E-state index in [-0.39, 0.29) is 23.7 Å². The van der Waals surface area contributed by atoms with Crippen LogP contribution in [0.25, 0.3) is 0 Å². The molecule has 3 atom stereocenters. The van der Waals surface area contributed by atoms with Crippen molar-refractivity contribution >= 4 is 18.0 Å². The van der Waals surface area contributed by atoms with Crippen molar-refractivity contribution in [3.05, 3.63) is 66.2 Å². The van der Waals surface area contributed by atoms with Gasteiger partial charge in [0.2, 0.25) is 5.52 Å². The average Bonchev–Trinajstić information content (AvgIpc) is 2.70. The third-order valence-electron chi connectivity index (χ3n) is 5.09. The second-order valence-electron chi connectivity index (χ2n) is 6.96. The molecule has 0 bridgehead atoms. The van der Waals surface area contributed by atoms with Crippen molar-refractivity contribution in [1.82, 2.24) is 0 Å². The van der Waals surface area contributed by atoms with Gasteiger partial charge < -0.3 is 4.57 Å². The first-order valence-electron chi connectivity index (χ1n) is 9.58. The van der Waals surface area contributed by atoms with Crippen molar-refractivity contribution in [2.24, 2.45) is 5.92 Å². The van der Waals surface area contributed by atoms with Gasteiger partial charge in [-0.2, -0.15) is 13.2 Å². The Labute approximate surface area is 164 Å². The first-order valence-corrected chi connectivity index (χ1v) is 11.4. The van der Waals surface area contributed by atoms with Crippen molar-refractivity contribution in [3.63, 3.8) is 0 Å². The summed E-state index contributed by atoms with van der Waals surface area (Å²) in [6.45, 7) is 3.57. The number of benzene rings is 2. The monoisotopic (exact) mass is 410 g/mol. The quantitative estimate of drug-likeness (QED) is 0.433. The summed E-state index contributed by atoms with van der Waals surface area (Å²) in [4.78, 5) is 13.3. The molecule has 2 nitrogen and oxygen atoms in total. The molecule has 0 radical (unpaired) electrons. The van der Waals surface area contributed by atoms with Crippen LogP contribution in [-0.4, -0.2) is 17.4 Å². The maximum atomic E-state index is 14.3. The maximum absolute atomic E-state index is 14.3. The summed E-state index contributed by atoms with van der Waals surface area (Å²) in [7, 11) is -4.49. The van der Waals surface area contributed by atoms with Crippen LogP contribution < -0.4 is 5.30 Å². The third kappa shape index (κ3) is 4.75. The second kappa shape index (κ2) is 9.56. The lowest BCUT2D eigenvalue weighted by atomic mass is 9.95. The molecular weight excluding hydrogens is 384 g/mol. The molecule has 2 aromatic rings. The van der Waals surface area contributed by atoms with Gasteiger partial charge in [0.15, 0.2) is 7.14 Å². The van der Waals surface area contributed by atoms with Crippen molar-refractivity contribution in [3.8, 4) is 0 Å². The van der Waals surface area contributed by atoms with Gasteiger partial charge in [0.1, 0.15) is 5.66 Å². The fourth-order valence-corrected chi connectivity index (χ4v) is 6.97. The van der Waals surface area contributed by atoms with E-state index in [0.29, 0.717) is 6.42 Å². The molecular formula is C22H26F3O2P. The molecule has 6 heteroatoms. The molecule has 0 aliphatic rings. The van der Waals surface area contributed by atoms with Gasteiger partial charge >= 0.3 is 6.18 Å². The zero-order chi connectivity index (χ0) is 20.8. The standard InChI is InChI=1S/C22H26F3O2P/c1-3-5-12-17(4-2)20(22(23,24)25)28(27,19-15-10-7-11-16-19)21(26)18-13-8-6-9-14-18/h6-11,13-17,20H,3-5,12H2,1-2H3. The number of carbonyl (C=O) groups is 1.